The Morgan fingerprint density at radius 2 is 1.38 bits per heavy atom. The van der Waals surface area contributed by atoms with Crippen LogP contribution in [0, 0.1) is 5.92 Å². The highest BCUT2D eigenvalue weighted by Crippen LogP contribution is 2.47. The third kappa shape index (κ3) is 3.43. The lowest BCUT2D eigenvalue weighted by molar-refractivity contribution is -0.122. The summed E-state index contributed by atoms with van der Waals surface area (Å²) >= 11 is 0. The Balaban J connectivity index is 1.32. The van der Waals surface area contributed by atoms with Crippen molar-refractivity contribution in [2.24, 2.45) is 5.92 Å². The molecule has 0 radical (unpaired) electrons. The van der Waals surface area contributed by atoms with Gasteiger partial charge in [-0.05, 0) is 36.1 Å². The van der Waals surface area contributed by atoms with Gasteiger partial charge in [-0.2, -0.15) is 0 Å². The van der Waals surface area contributed by atoms with Gasteiger partial charge in [0.1, 0.15) is 0 Å². The van der Waals surface area contributed by atoms with Gasteiger partial charge < -0.3 is 0 Å². The SMILES string of the molecule is O=C1c2ccccc2C(=O)c2cc(S(=O)(=O)NNC(=O)[C@H]3C[C@H]3c3ccccc3)ccc21. The van der Waals surface area contributed by atoms with Gasteiger partial charge in [0.2, 0.25) is 5.91 Å². The molecule has 0 spiro atoms. The summed E-state index contributed by atoms with van der Waals surface area (Å²) in [6, 6.07) is 19.7. The zero-order valence-electron chi connectivity index (χ0n) is 16.7. The van der Waals surface area contributed by atoms with E-state index in [1.54, 1.807) is 18.2 Å². The average molecular weight is 446 g/mol. The van der Waals surface area contributed by atoms with Crippen LogP contribution in [0.1, 0.15) is 49.7 Å². The Bertz CT molecular complexity index is 1380. The van der Waals surface area contributed by atoms with Crippen LogP contribution in [-0.4, -0.2) is 25.9 Å². The van der Waals surface area contributed by atoms with Crippen LogP contribution in [0.3, 0.4) is 0 Å². The topological polar surface area (TPSA) is 109 Å². The van der Waals surface area contributed by atoms with Crippen molar-refractivity contribution in [1.82, 2.24) is 10.3 Å². The Hall–Kier alpha value is -3.62. The van der Waals surface area contributed by atoms with Crippen molar-refractivity contribution in [2.45, 2.75) is 17.2 Å². The number of hydrazine groups is 1. The third-order valence-electron chi connectivity index (χ3n) is 5.87. The average Bonchev–Trinajstić information content (AvgIpc) is 3.62. The maximum atomic E-state index is 12.8. The molecule has 0 bridgehead atoms. The fourth-order valence-corrected chi connectivity index (χ4v) is 4.94. The van der Waals surface area contributed by atoms with E-state index < -0.39 is 21.7 Å². The molecule has 2 aliphatic rings. The quantitative estimate of drug-likeness (QED) is 0.458. The molecule has 7 nitrogen and oxygen atoms in total. The molecule has 2 atom stereocenters. The Labute approximate surface area is 184 Å². The summed E-state index contributed by atoms with van der Waals surface area (Å²) in [7, 11) is -4.14. The number of ketones is 2. The van der Waals surface area contributed by atoms with Gasteiger partial charge in [0.15, 0.2) is 11.6 Å². The fraction of sp³-hybridized carbons (Fsp3) is 0.125. The molecule has 8 heteroatoms. The standard InChI is InChI=1S/C24H18N2O5S/c27-22-16-8-4-5-9-17(16)23(28)20-12-15(10-11-18(20)22)32(30,31)26-25-24(29)21-13-19(21)14-6-2-1-3-7-14/h1-12,19,21,26H,13H2,(H,25,29)/t19-,21-/m0/s1. The van der Waals surface area contributed by atoms with Crippen molar-refractivity contribution in [3.8, 4) is 0 Å². The molecule has 1 amide bonds. The van der Waals surface area contributed by atoms with Crippen LogP contribution in [0.5, 0.6) is 0 Å². The van der Waals surface area contributed by atoms with Crippen molar-refractivity contribution in [3.05, 3.63) is 101 Å². The zero-order valence-corrected chi connectivity index (χ0v) is 17.6. The zero-order chi connectivity index (χ0) is 22.5. The highest BCUT2D eigenvalue weighted by Gasteiger charge is 2.44. The molecule has 0 heterocycles. The Morgan fingerprint density at radius 3 is 2.06 bits per heavy atom. The minimum absolute atomic E-state index is 0.0224. The van der Waals surface area contributed by atoms with Gasteiger partial charge in [0, 0.05) is 28.2 Å². The molecule has 160 valence electrons. The van der Waals surface area contributed by atoms with Crippen molar-refractivity contribution in [1.29, 1.82) is 0 Å². The van der Waals surface area contributed by atoms with Crippen molar-refractivity contribution in [2.75, 3.05) is 0 Å². The number of carbonyl (C=O) groups is 3. The molecule has 3 aromatic rings. The van der Waals surface area contributed by atoms with E-state index in [4.69, 9.17) is 0 Å². The lowest BCUT2D eigenvalue weighted by atomic mass is 9.84. The summed E-state index contributed by atoms with van der Waals surface area (Å²) < 4.78 is 25.5. The maximum Gasteiger partial charge on any atom is 0.257 e. The fourth-order valence-electron chi connectivity index (χ4n) is 4.07. The maximum absolute atomic E-state index is 12.8. The van der Waals surface area contributed by atoms with E-state index in [1.165, 1.54) is 24.3 Å². The highest BCUT2D eigenvalue weighted by molar-refractivity contribution is 7.89. The van der Waals surface area contributed by atoms with Crippen LogP contribution in [0.25, 0.3) is 0 Å². The molecule has 2 N–H and O–H groups in total. The van der Waals surface area contributed by atoms with Crippen LogP contribution in [0.4, 0.5) is 0 Å². The summed E-state index contributed by atoms with van der Waals surface area (Å²) in [6.45, 7) is 0. The van der Waals surface area contributed by atoms with Crippen LogP contribution >= 0.6 is 0 Å². The van der Waals surface area contributed by atoms with Gasteiger partial charge in [0.25, 0.3) is 10.0 Å². The highest BCUT2D eigenvalue weighted by atomic mass is 32.2. The second-order valence-corrected chi connectivity index (χ2v) is 9.55. The molecule has 5 rings (SSSR count). The molecular weight excluding hydrogens is 428 g/mol. The first-order valence-electron chi connectivity index (χ1n) is 10.1. The van der Waals surface area contributed by atoms with E-state index in [9.17, 15) is 22.8 Å². The number of amides is 1. The number of carbonyl (C=O) groups excluding carboxylic acids is 3. The predicted octanol–water partition coefficient (Wildman–Crippen LogP) is 2.58. The van der Waals surface area contributed by atoms with E-state index in [0.29, 0.717) is 12.0 Å². The smallest absolute Gasteiger partial charge is 0.257 e. The number of sulfonamides is 1. The minimum atomic E-state index is -4.14. The molecule has 0 aromatic heterocycles. The van der Waals surface area contributed by atoms with E-state index in [1.807, 2.05) is 30.3 Å². The number of benzene rings is 3. The van der Waals surface area contributed by atoms with Gasteiger partial charge in [-0.3, -0.25) is 19.8 Å². The predicted molar refractivity (Wildman–Crippen MR) is 116 cm³/mol. The van der Waals surface area contributed by atoms with Crippen molar-refractivity contribution < 1.29 is 22.8 Å². The molecule has 1 fully saturated rings. The second-order valence-electron chi connectivity index (χ2n) is 7.87. The summed E-state index contributed by atoms with van der Waals surface area (Å²) in [5, 5.41) is 0. The molecule has 3 aromatic carbocycles. The van der Waals surface area contributed by atoms with Crippen LogP contribution in [-0.2, 0) is 14.8 Å². The number of rotatable bonds is 5. The van der Waals surface area contributed by atoms with Gasteiger partial charge in [-0.25, -0.2) is 8.42 Å². The van der Waals surface area contributed by atoms with Gasteiger partial charge >= 0.3 is 0 Å². The summed E-state index contributed by atoms with van der Waals surface area (Å²) in [5.41, 5.74) is 4.01. The van der Waals surface area contributed by atoms with E-state index in [-0.39, 0.29) is 39.2 Å². The summed E-state index contributed by atoms with van der Waals surface area (Å²) in [4.78, 5) is 39.8. The molecular formula is C24H18N2O5S. The molecule has 1 saturated carbocycles. The monoisotopic (exact) mass is 446 g/mol. The minimum Gasteiger partial charge on any atom is -0.289 e. The second kappa shape index (κ2) is 7.51. The van der Waals surface area contributed by atoms with Crippen LogP contribution < -0.4 is 10.3 Å². The van der Waals surface area contributed by atoms with E-state index in [2.05, 4.69) is 10.3 Å². The first-order valence-corrected chi connectivity index (χ1v) is 11.5. The molecule has 0 saturated heterocycles. The Morgan fingerprint density at radius 1 is 0.781 bits per heavy atom. The largest absolute Gasteiger partial charge is 0.289 e. The number of nitrogens with one attached hydrogen (secondary N) is 2. The van der Waals surface area contributed by atoms with E-state index in [0.717, 1.165) is 5.56 Å². The summed E-state index contributed by atoms with van der Waals surface area (Å²) in [6.07, 6.45) is 0.645. The lowest BCUT2D eigenvalue weighted by Gasteiger charge is -2.18. The normalized spacial score (nSPS) is 19.1. The van der Waals surface area contributed by atoms with Crippen molar-refractivity contribution in [3.63, 3.8) is 0 Å². The summed E-state index contributed by atoms with van der Waals surface area (Å²) in [5.74, 6) is -1.41. The molecule has 0 unspecified atom stereocenters. The Kier molecular flexibility index (Phi) is 4.76. The first kappa shape index (κ1) is 20.3. The number of fused-ring (bicyclic) bond motifs is 2. The first-order chi connectivity index (χ1) is 15.4. The van der Waals surface area contributed by atoms with E-state index >= 15 is 0 Å². The van der Waals surface area contributed by atoms with Gasteiger partial charge in [0.05, 0.1) is 4.90 Å². The third-order valence-corrected chi connectivity index (χ3v) is 7.12. The number of hydrogen-bond donors (Lipinski definition) is 2. The molecule has 0 aliphatic heterocycles. The van der Waals surface area contributed by atoms with Crippen molar-refractivity contribution >= 4 is 27.5 Å². The van der Waals surface area contributed by atoms with Crippen LogP contribution in [0.15, 0.2) is 77.7 Å². The van der Waals surface area contributed by atoms with Crippen LogP contribution in [0.2, 0.25) is 0 Å². The van der Waals surface area contributed by atoms with Gasteiger partial charge in [-0.1, -0.05) is 54.6 Å². The van der Waals surface area contributed by atoms with Gasteiger partial charge in [-0.15, -0.1) is 4.83 Å². The molecule has 2 aliphatic carbocycles. The lowest BCUT2D eigenvalue weighted by Crippen LogP contribution is -2.42. The number of hydrogen-bond acceptors (Lipinski definition) is 5. The molecule has 32 heavy (non-hydrogen) atoms.